The summed E-state index contributed by atoms with van der Waals surface area (Å²) < 4.78 is 5.38. The van der Waals surface area contributed by atoms with E-state index in [9.17, 15) is 4.79 Å². The van der Waals surface area contributed by atoms with Crippen molar-refractivity contribution in [3.05, 3.63) is 50.7 Å². The predicted molar refractivity (Wildman–Crippen MR) is 98.3 cm³/mol. The van der Waals surface area contributed by atoms with Gasteiger partial charge in [-0.1, -0.05) is 41.3 Å². The van der Waals surface area contributed by atoms with Gasteiger partial charge < -0.3 is 10.5 Å². The molecule has 0 aliphatic carbocycles. The van der Waals surface area contributed by atoms with E-state index in [4.69, 9.17) is 51.7 Å². The predicted octanol–water partition coefficient (Wildman–Crippen LogP) is 2.82. The second kappa shape index (κ2) is 8.58. The number of H-pyrrole nitrogens is 1. The van der Waals surface area contributed by atoms with Gasteiger partial charge >= 0.3 is 5.91 Å². The van der Waals surface area contributed by atoms with Crippen LogP contribution in [0.2, 0.25) is 15.2 Å². The van der Waals surface area contributed by atoms with Crippen molar-refractivity contribution in [2.45, 2.75) is 0 Å². The van der Waals surface area contributed by atoms with Crippen LogP contribution in [-0.4, -0.2) is 18.7 Å². The molecular weight excluding hydrogens is 387 g/mol. The van der Waals surface area contributed by atoms with E-state index in [0.29, 0.717) is 11.3 Å². The van der Waals surface area contributed by atoms with Crippen LogP contribution in [0.1, 0.15) is 16.1 Å². The lowest BCUT2D eigenvalue weighted by Crippen LogP contribution is -2.28. The minimum Gasteiger partial charge on any atom is -0.480 e. The van der Waals surface area contributed by atoms with E-state index < -0.39 is 5.91 Å². The summed E-state index contributed by atoms with van der Waals surface area (Å²) in [6, 6.07) is 7.05. The van der Waals surface area contributed by atoms with Gasteiger partial charge in [-0.3, -0.25) is 4.79 Å². The summed E-state index contributed by atoms with van der Waals surface area (Å²) in [5, 5.41) is 3.83. The van der Waals surface area contributed by atoms with Crippen molar-refractivity contribution < 1.29 is 14.5 Å². The Kier molecular flexibility index (Phi) is 6.48. The fourth-order valence-corrected chi connectivity index (χ4v) is 2.39. The van der Waals surface area contributed by atoms with Gasteiger partial charge in [0.1, 0.15) is 22.4 Å². The van der Waals surface area contributed by atoms with Crippen molar-refractivity contribution in [1.82, 2.24) is 5.43 Å². The van der Waals surface area contributed by atoms with E-state index >= 15 is 0 Å². The first-order valence-corrected chi connectivity index (χ1v) is 7.93. The number of hydrogen-bond acceptors (Lipinski definition) is 4. The molecule has 0 spiro atoms. The standard InChI is InChI=1S/C16H11Cl3N4O2/c1-2-7-25-10-6-4-3-5-9(10)8-21-23-16(24)14-11(17)13(20)12(18)15(19)22-14/h1,3-6,8H,7H2,(H2,20,22)(H,23,24)/p+1/b21-8-. The highest BCUT2D eigenvalue weighted by molar-refractivity contribution is 6.45. The minimum absolute atomic E-state index is 0.00533. The summed E-state index contributed by atoms with van der Waals surface area (Å²) in [4.78, 5) is 14.7. The summed E-state index contributed by atoms with van der Waals surface area (Å²) in [5.74, 6) is 2.25. The Bertz CT molecular complexity index is 878. The number of nitrogen functional groups attached to an aromatic ring is 1. The molecule has 0 bridgehead atoms. The number of ether oxygens (including phenoxy) is 1. The number of carbonyl (C=O) groups excluding carboxylic acids is 1. The van der Waals surface area contributed by atoms with Gasteiger partial charge in [0.15, 0.2) is 0 Å². The zero-order valence-corrected chi connectivity index (χ0v) is 14.9. The Balaban J connectivity index is 2.16. The average molecular weight is 399 g/mol. The normalized spacial score (nSPS) is 10.5. The van der Waals surface area contributed by atoms with E-state index in [1.165, 1.54) is 6.21 Å². The Morgan fingerprint density at radius 3 is 2.80 bits per heavy atom. The molecule has 0 aliphatic rings. The van der Waals surface area contributed by atoms with Crippen LogP contribution in [0.25, 0.3) is 0 Å². The van der Waals surface area contributed by atoms with Crippen molar-refractivity contribution in [2.75, 3.05) is 12.3 Å². The topological polar surface area (TPSA) is 90.8 Å². The first kappa shape index (κ1) is 18.9. The summed E-state index contributed by atoms with van der Waals surface area (Å²) >= 11 is 17.7. The SMILES string of the molecule is C#CCOc1ccccc1/C=N\NC(=O)c1[nH+]c(Cl)c(Cl)c(N)c1Cl. The van der Waals surface area contributed by atoms with Gasteiger partial charge in [0.2, 0.25) is 0 Å². The summed E-state index contributed by atoms with van der Waals surface area (Å²) in [7, 11) is 0. The molecule has 0 aliphatic heterocycles. The molecule has 128 valence electrons. The number of benzene rings is 1. The van der Waals surface area contributed by atoms with Crippen LogP contribution in [0.3, 0.4) is 0 Å². The van der Waals surface area contributed by atoms with E-state index in [1.807, 2.05) is 0 Å². The molecule has 6 nitrogen and oxygen atoms in total. The Hall–Kier alpha value is -2.46. The van der Waals surface area contributed by atoms with Crippen LogP contribution >= 0.6 is 34.8 Å². The number of anilines is 1. The Morgan fingerprint density at radius 1 is 1.36 bits per heavy atom. The maximum atomic E-state index is 12.2. The highest BCUT2D eigenvalue weighted by atomic mass is 35.5. The van der Waals surface area contributed by atoms with Gasteiger partial charge in [-0.25, -0.2) is 5.43 Å². The number of terminal acetylenes is 1. The van der Waals surface area contributed by atoms with Crippen LogP contribution in [-0.2, 0) is 0 Å². The maximum absolute atomic E-state index is 12.2. The maximum Gasteiger partial charge on any atom is 0.337 e. The number of amides is 1. The molecule has 0 unspecified atom stereocenters. The first-order valence-electron chi connectivity index (χ1n) is 6.79. The van der Waals surface area contributed by atoms with Gasteiger partial charge in [-0.2, -0.15) is 10.1 Å². The zero-order valence-electron chi connectivity index (χ0n) is 12.6. The lowest BCUT2D eigenvalue weighted by Gasteiger charge is -2.05. The highest BCUT2D eigenvalue weighted by Crippen LogP contribution is 2.31. The molecule has 0 fully saturated rings. The van der Waals surface area contributed by atoms with Gasteiger partial charge in [-0.15, -0.1) is 6.42 Å². The number of aromatic nitrogens is 1. The third-order valence-corrected chi connectivity index (χ3v) is 4.11. The number of nitrogens with zero attached hydrogens (tertiary/aromatic N) is 1. The number of nitrogens with one attached hydrogen (secondary N) is 2. The largest absolute Gasteiger partial charge is 0.480 e. The first-order chi connectivity index (χ1) is 12.0. The fraction of sp³-hybridized carbons (Fsp3) is 0.0625. The van der Waals surface area contributed by atoms with Crippen molar-refractivity contribution in [2.24, 2.45) is 5.10 Å². The van der Waals surface area contributed by atoms with Crippen molar-refractivity contribution in [1.29, 1.82) is 0 Å². The fourth-order valence-electron chi connectivity index (χ4n) is 1.78. The van der Waals surface area contributed by atoms with Gasteiger partial charge in [0, 0.05) is 5.56 Å². The molecule has 4 N–H and O–H groups in total. The smallest absolute Gasteiger partial charge is 0.337 e. The lowest BCUT2D eigenvalue weighted by atomic mass is 10.2. The number of carbonyl (C=O) groups is 1. The molecule has 0 radical (unpaired) electrons. The quantitative estimate of drug-likeness (QED) is 0.351. The number of para-hydroxylation sites is 1. The monoisotopic (exact) mass is 397 g/mol. The van der Waals surface area contributed by atoms with E-state index in [0.717, 1.165) is 0 Å². The van der Waals surface area contributed by atoms with Crippen molar-refractivity contribution >= 4 is 52.6 Å². The molecule has 1 aromatic carbocycles. The number of rotatable bonds is 5. The minimum atomic E-state index is -0.645. The number of hydrogen-bond donors (Lipinski definition) is 2. The van der Waals surface area contributed by atoms with Crippen LogP contribution in [0, 0.1) is 12.3 Å². The number of nitrogens with two attached hydrogens (primary N) is 1. The van der Waals surface area contributed by atoms with Crippen molar-refractivity contribution in [3.63, 3.8) is 0 Å². The lowest BCUT2D eigenvalue weighted by molar-refractivity contribution is -0.379. The Labute approximate surface area is 158 Å². The number of aromatic amines is 1. The van der Waals surface area contributed by atoms with Gasteiger partial charge in [-0.05, 0) is 23.7 Å². The number of halogens is 3. The van der Waals surface area contributed by atoms with Crippen LogP contribution in [0.15, 0.2) is 29.4 Å². The average Bonchev–Trinajstić information content (AvgIpc) is 2.62. The van der Waals surface area contributed by atoms with E-state index in [2.05, 4.69) is 21.4 Å². The van der Waals surface area contributed by atoms with Crippen LogP contribution < -0.4 is 20.9 Å². The molecule has 0 saturated heterocycles. The van der Waals surface area contributed by atoms with E-state index in [-0.39, 0.29) is 33.2 Å². The molecule has 1 amide bonds. The second-order valence-corrected chi connectivity index (χ2v) is 5.72. The third kappa shape index (κ3) is 4.54. The molecule has 1 heterocycles. The van der Waals surface area contributed by atoms with E-state index in [1.54, 1.807) is 24.3 Å². The molecule has 0 saturated carbocycles. The van der Waals surface area contributed by atoms with Crippen LogP contribution in [0.5, 0.6) is 5.75 Å². The molecule has 0 atom stereocenters. The van der Waals surface area contributed by atoms with Gasteiger partial charge in [0.05, 0.1) is 11.9 Å². The molecule has 9 heteroatoms. The highest BCUT2D eigenvalue weighted by Gasteiger charge is 2.25. The van der Waals surface area contributed by atoms with Gasteiger partial charge in [0.25, 0.3) is 10.8 Å². The van der Waals surface area contributed by atoms with Crippen molar-refractivity contribution in [3.8, 4) is 18.1 Å². The van der Waals surface area contributed by atoms with Crippen LogP contribution in [0.4, 0.5) is 5.69 Å². The summed E-state index contributed by atoms with van der Waals surface area (Å²) in [6.45, 7) is 0.115. The second-order valence-electron chi connectivity index (χ2n) is 4.59. The summed E-state index contributed by atoms with van der Waals surface area (Å²) in [5.41, 5.74) is 8.55. The zero-order chi connectivity index (χ0) is 18.4. The molecule has 2 aromatic rings. The third-order valence-electron chi connectivity index (χ3n) is 2.95. The summed E-state index contributed by atoms with van der Waals surface area (Å²) in [6.07, 6.45) is 6.57. The number of hydrazone groups is 1. The number of pyridine rings is 1. The molecule has 25 heavy (non-hydrogen) atoms. The Morgan fingerprint density at radius 2 is 2.08 bits per heavy atom. The molecule has 1 aromatic heterocycles. The molecular formula is C16H12Cl3N4O2+. The molecule has 2 rings (SSSR count).